The van der Waals surface area contributed by atoms with E-state index in [2.05, 4.69) is 4.98 Å². The number of pyridine rings is 1. The van der Waals surface area contributed by atoms with Gasteiger partial charge in [-0.2, -0.15) is 13.2 Å². The molecule has 1 atom stereocenters. The van der Waals surface area contributed by atoms with Gasteiger partial charge in [-0.05, 0) is 12.5 Å². The van der Waals surface area contributed by atoms with Crippen molar-refractivity contribution in [1.29, 1.82) is 0 Å². The van der Waals surface area contributed by atoms with E-state index in [-0.39, 0.29) is 17.1 Å². The first-order chi connectivity index (χ1) is 7.77. The highest BCUT2D eigenvalue weighted by Gasteiger charge is 2.32. The number of hydrogen-bond donors (Lipinski definition) is 1. The van der Waals surface area contributed by atoms with Gasteiger partial charge in [0.2, 0.25) is 0 Å². The Morgan fingerprint density at radius 1 is 1.59 bits per heavy atom. The summed E-state index contributed by atoms with van der Waals surface area (Å²) < 4.78 is 37.0. The first-order valence-corrected chi connectivity index (χ1v) is 5.10. The second-order valence-electron chi connectivity index (χ2n) is 3.39. The minimum absolute atomic E-state index is 0.0466. The number of aromatic nitrogens is 1. The number of aliphatic carboxylic acids is 1. The molecule has 0 amide bonds. The van der Waals surface area contributed by atoms with E-state index in [0.29, 0.717) is 12.3 Å². The van der Waals surface area contributed by atoms with Crippen molar-refractivity contribution < 1.29 is 23.1 Å². The van der Waals surface area contributed by atoms with E-state index in [1.807, 2.05) is 0 Å². The van der Waals surface area contributed by atoms with Crippen LogP contribution in [0.2, 0.25) is 5.02 Å². The van der Waals surface area contributed by atoms with E-state index >= 15 is 0 Å². The van der Waals surface area contributed by atoms with Gasteiger partial charge >= 0.3 is 12.1 Å². The number of carboxylic acid groups (broad SMARTS) is 1. The number of hydrogen-bond acceptors (Lipinski definition) is 2. The molecule has 1 aromatic heterocycles. The van der Waals surface area contributed by atoms with Crippen molar-refractivity contribution in [3.8, 4) is 0 Å². The lowest BCUT2D eigenvalue weighted by molar-refractivity contribution is -0.139. The van der Waals surface area contributed by atoms with Gasteiger partial charge in [-0.15, -0.1) is 0 Å². The van der Waals surface area contributed by atoms with E-state index < -0.39 is 23.6 Å². The van der Waals surface area contributed by atoms with E-state index in [1.54, 1.807) is 6.92 Å². The number of halogens is 4. The molecular formula is C10H9ClF3NO2. The second kappa shape index (κ2) is 4.91. The van der Waals surface area contributed by atoms with Crippen LogP contribution in [0.15, 0.2) is 12.3 Å². The van der Waals surface area contributed by atoms with Gasteiger partial charge in [-0.1, -0.05) is 18.5 Å². The number of carboxylic acids is 1. The van der Waals surface area contributed by atoms with Gasteiger partial charge in [0.15, 0.2) is 0 Å². The maximum atomic E-state index is 12.3. The first kappa shape index (κ1) is 13.8. The number of nitrogens with zero attached hydrogens (tertiary/aromatic N) is 1. The summed E-state index contributed by atoms with van der Waals surface area (Å²) in [5.74, 6) is -2.16. The highest BCUT2D eigenvalue weighted by Crippen LogP contribution is 2.33. The molecule has 0 saturated carbocycles. The zero-order valence-corrected chi connectivity index (χ0v) is 9.51. The third-order valence-corrected chi connectivity index (χ3v) is 2.54. The molecule has 1 unspecified atom stereocenters. The van der Waals surface area contributed by atoms with Crippen molar-refractivity contribution in [1.82, 2.24) is 4.98 Å². The molecule has 0 radical (unpaired) electrons. The lowest BCUT2D eigenvalue weighted by Gasteiger charge is -2.13. The van der Waals surface area contributed by atoms with Gasteiger partial charge in [-0.3, -0.25) is 9.78 Å². The third-order valence-electron chi connectivity index (χ3n) is 2.23. The fourth-order valence-electron chi connectivity index (χ4n) is 1.34. The van der Waals surface area contributed by atoms with Crippen LogP contribution in [0.25, 0.3) is 0 Å². The average Bonchev–Trinajstić information content (AvgIpc) is 2.19. The van der Waals surface area contributed by atoms with E-state index in [0.717, 1.165) is 0 Å². The monoisotopic (exact) mass is 267 g/mol. The highest BCUT2D eigenvalue weighted by atomic mass is 35.5. The Balaban J connectivity index is 3.18. The summed E-state index contributed by atoms with van der Waals surface area (Å²) in [5.41, 5.74) is -1.04. The third kappa shape index (κ3) is 3.09. The van der Waals surface area contributed by atoms with Crippen LogP contribution in [0.3, 0.4) is 0 Å². The van der Waals surface area contributed by atoms with Crippen LogP contribution in [-0.4, -0.2) is 16.1 Å². The van der Waals surface area contributed by atoms with Gasteiger partial charge in [0, 0.05) is 6.20 Å². The van der Waals surface area contributed by atoms with Crippen LogP contribution < -0.4 is 0 Å². The lowest BCUT2D eigenvalue weighted by atomic mass is 10.0. The minimum atomic E-state index is -4.54. The average molecular weight is 268 g/mol. The number of rotatable bonds is 3. The first-order valence-electron chi connectivity index (χ1n) is 4.72. The zero-order chi connectivity index (χ0) is 13.2. The Bertz CT molecular complexity index is 434. The topological polar surface area (TPSA) is 50.2 Å². The molecule has 0 fully saturated rings. The van der Waals surface area contributed by atoms with Gasteiger partial charge in [0.05, 0.1) is 16.3 Å². The Kier molecular flexibility index (Phi) is 3.98. The van der Waals surface area contributed by atoms with Crippen molar-refractivity contribution in [3.05, 3.63) is 28.5 Å². The number of alkyl halides is 3. The molecule has 1 heterocycles. The summed E-state index contributed by atoms with van der Waals surface area (Å²) in [4.78, 5) is 14.3. The Morgan fingerprint density at radius 3 is 2.53 bits per heavy atom. The summed E-state index contributed by atoms with van der Waals surface area (Å²) in [7, 11) is 0. The molecule has 1 aromatic rings. The SMILES string of the molecule is CCC(C(=O)O)c1ncc(C(F)(F)F)cc1Cl. The second-order valence-corrected chi connectivity index (χ2v) is 3.80. The molecule has 0 saturated heterocycles. The predicted octanol–water partition coefficient (Wildman–Crippen LogP) is 3.33. The van der Waals surface area contributed by atoms with Crippen molar-refractivity contribution in [2.75, 3.05) is 0 Å². The molecule has 0 spiro atoms. The van der Waals surface area contributed by atoms with Crippen LogP contribution in [-0.2, 0) is 11.0 Å². The van der Waals surface area contributed by atoms with Crippen LogP contribution in [0.4, 0.5) is 13.2 Å². The predicted molar refractivity (Wildman–Crippen MR) is 54.9 cm³/mol. The van der Waals surface area contributed by atoms with Crippen molar-refractivity contribution in [2.45, 2.75) is 25.4 Å². The molecule has 0 aliphatic carbocycles. The summed E-state index contributed by atoms with van der Waals surface area (Å²) in [5, 5.41) is 8.58. The minimum Gasteiger partial charge on any atom is -0.481 e. The van der Waals surface area contributed by atoms with Gasteiger partial charge in [0.25, 0.3) is 0 Å². The molecule has 17 heavy (non-hydrogen) atoms. The van der Waals surface area contributed by atoms with Crippen molar-refractivity contribution in [3.63, 3.8) is 0 Å². The van der Waals surface area contributed by atoms with Gasteiger partial charge < -0.3 is 5.11 Å². The molecule has 7 heteroatoms. The molecule has 1 rings (SSSR count). The summed E-state index contributed by atoms with van der Waals surface area (Å²) in [6, 6.07) is 0.690. The molecule has 0 aliphatic rings. The highest BCUT2D eigenvalue weighted by molar-refractivity contribution is 6.31. The molecule has 0 bridgehead atoms. The maximum absolute atomic E-state index is 12.3. The molecular weight excluding hydrogens is 259 g/mol. The largest absolute Gasteiger partial charge is 0.481 e. The van der Waals surface area contributed by atoms with Crippen LogP contribution in [0.1, 0.15) is 30.5 Å². The van der Waals surface area contributed by atoms with Crippen molar-refractivity contribution >= 4 is 17.6 Å². The Labute approximate surface area is 100 Å². The van der Waals surface area contributed by atoms with Crippen LogP contribution in [0.5, 0.6) is 0 Å². The molecule has 94 valence electrons. The normalized spacial score (nSPS) is 13.5. The van der Waals surface area contributed by atoms with E-state index in [9.17, 15) is 18.0 Å². The Hall–Kier alpha value is -1.30. The van der Waals surface area contributed by atoms with Crippen LogP contribution in [0, 0.1) is 0 Å². The van der Waals surface area contributed by atoms with Gasteiger partial charge in [-0.25, -0.2) is 0 Å². The summed E-state index contributed by atoms with van der Waals surface area (Å²) >= 11 is 5.63. The fourth-order valence-corrected chi connectivity index (χ4v) is 1.64. The van der Waals surface area contributed by atoms with Crippen LogP contribution >= 0.6 is 11.6 Å². The zero-order valence-electron chi connectivity index (χ0n) is 8.75. The maximum Gasteiger partial charge on any atom is 0.417 e. The molecule has 0 aromatic carbocycles. The van der Waals surface area contributed by atoms with E-state index in [1.165, 1.54) is 0 Å². The molecule has 3 nitrogen and oxygen atoms in total. The smallest absolute Gasteiger partial charge is 0.417 e. The Morgan fingerprint density at radius 2 is 2.18 bits per heavy atom. The number of carbonyl (C=O) groups is 1. The molecule has 1 N–H and O–H groups in total. The standard InChI is InChI=1S/C10H9ClF3NO2/c1-2-6(9(16)17)8-7(11)3-5(4-15-8)10(12,13)14/h3-4,6H,2H2,1H3,(H,16,17). The quantitative estimate of drug-likeness (QED) is 0.914. The fraction of sp³-hybridized carbons (Fsp3) is 0.400. The summed E-state index contributed by atoms with van der Waals surface area (Å²) in [6.07, 6.45) is -3.75. The lowest BCUT2D eigenvalue weighted by Crippen LogP contribution is -2.14. The van der Waals surface area contributed by atoms with E-state index in [4.69, 9.17) is 16.7 Å². The molecule has 0 aliphatic heterocycles. The summed E-state index contributed by atoms with van der Waals surface area (Å²) in [6.45, 7) is 1.59. The van der Waals surface area contributed by atoms with Crippen molar-refractivity contribution in [2.24, 2.45) is 0 Å². The van der Waals surface area contributed by atoms with Gasteiger partial charge in [0.1, 0.15) is 5.92 Å².